The standard InChI is InChI=1S/C25H16F3N5O2S/c26-25(27,28)17-9-4-8-16(12-17)23(35)30-21-13-19(20-10-5-11-36-20)32-33(21)24-29-18(14-22(34)31-24)15-6-2-1-3-7-15/h1-14H,(H,30,35)(H,29,31,34). The summed E-state index contributed by atoms with van der Waals surface area (Å²) < 4.78 is 40.6. The van der Waals surface area contributed by atoms with Crippen molar-refractivity contribution in [2.24, 2.45) is 0 Å². The van der Waals surface area contributed by atoms with Crippen LogP contribution in [0.4, 0.5) is 19.0 Å². The lowest BCUT2D eigenvalue weighted by Gasteiger charge is -2.11. The van der Waals surface area contributed by atoms with Gasteiger partial charge in [0.2, 0.25) is 5.95 Å². The van der Waals surface area contributed by atoms with E-state index in [9.17, 15) is 22.8 Å². The van der Waals surface area contributed by atoms with Crippen LogP contribution in [0.3, 0.4) is 0 Å². The molecule has 0 unspecified atom stereocenters. The first kappa shape index (κ1) is 23.2. The number of nitrogens with one attached hydrogen (secondary N) is 2. The number of hydrogen-bond donors (Lipinski definition) is 2. The normalized spacial score (nSPS) is 11.4. The highest BCUT2D eigenvalue weighted by atomic mass is 32.1. The molecule has 0 spiro atoms. The Hall–Kier alpha value is -4.51. The van der Waals surface area contributed by atoms with Gasteiger partial charge in [-0.15, -0.1) is 11.3 Å². The van der Waals surface area contributed by atoms with E-state index in [0.29, 0.717) is 17.0 Å². The quantitative estimate of drug-likeness (QED) is 0.323. The molecule has 3 aromatic heterocycles. The highest BCUT2D eigenvalue weighted by Gasteiger charge is 2.31. The van der Waals surface area contributed by atoms with Crippen molar-refractivity contribution in [2.45, 2.75) is 6.18 Å². The molecule has 11 heteroatoms. The maximum atomic E-state index is 13.1. The number of alkyl halides is 3. The van der Waals surface area contributed by atoms with Crippen LogP contribution >= 0.6 is 11.3 Å². The van der Waals surface area contributed by atoms with Gasteiger partial charge in [-0.2, -0.15) is 23.0 Å². The third-order valence-electron chi connectivity index (χ3n) is 5.18. The third kappa shape index (κ3) is 4.82. The Labute approximate surface area is 205 Å². The highest BCUT2D eigenvalue weighted by molar-refractivity contribution is 7.13. The van der Waals surface area contributed by atoms with Gasteiger partial charge in [0, 0.05) is 23.3 Å². The van der Waals surface area contributed by atoms with Crippen molar-refractivity contribution < 1.29 is 18.0 Å². The van der Waals surface area contributed by atoms with Crippen molar-refractivity contribution in [3.63, 3.8) is 0 Å². The Morgan fingerprint density at radius 3 is 2.47 bits per heavy atom. The number of hydrogen-bond acceptors (Lipinski definition) is 5. The minimum Gasteiger partial charge on any atom is -0.306 e. The second-order valence-electron chi connectivity index (χ2n) is 7.66. The van der Waals surface area contributed by atoms with E-state index < -0.39 is 23.2 Å². The summed E-state index contributed by atoms with van der Waals surface area (Å²) in [4.78, 5) is 33.3. The molecular formula is C25H16F3N5O2S. The molecule has 7 nitrogen and oxygen atoms in total. The maximum Gasteiger partial charge on any atom is 0.416 e. The molecule has 0 aliphatic rings. The largest absolute Gasteiger partial charge is 0.416 e. The maximum absolute atomic E-state index is 13.1. The van der Waals surface area contributed by atoms with E-state index in [2.05, 4.69) is 20.4 Å². The van der Waals surface area contributed by atoms with E-state index in [1.807, 2.05) is 23.6 Å². The molecule has 0 atom stereocenters. The number of halogens is 3. The predicted octanol–water partition coefficient (Wildman–Crippen LogP) is 5.62. The lowest BCUT2D eigenvalue weighted by Crippen LogP contribution is -2.19. The third-order valence-corrected chi connectivity index (χ3v) is 6.07. The number of amides is 1. The van der Waals surface area contributed by atoms with Crippen LogP contribution in [0.25, 0.3) is 27.8 Å². The fraction of sp³-hybridized carbons (Fsp3) is 0.0400. The molecule has 0 radical (unpaired) electrons. The van der Waals surface area contributed by atoms with Crippen molar-refractivity contribution in [3.8, 4) is 27.8 Å². The van der Waals surface area contributed by atoms with Crippen molar-refractivity contribution in [3.05, 3.63) is 106 Å². The molecule has 0 bridgehead atoms. The monoisotopic (exact) mass is 507 g/mol. The molecule has 1 amide bonds. The summed E-state index contributed by atoms with van der Waals surface area (Å²) in [5.41, 5.74) is 0.00114. The van der Waals surface area contributed by atoms with Crippen molar-refractivity contribution >= 4 is 23.1 Å². The van der Waals surface area contributed by atoms with Gasteiger partial charge >= 0.3 is 6.18 Å². The molecule has 2 N–H and O–H groups in total. The first-order chi connectivity index (χ1) is 17.3. The summed E-state index contributed by atoms with van der Waals surface area (Å²) in [5.74, 6) is -0.626. The summed E-state index contributed by atoms with van der Waals surface area (Å²) in [5, 5.41) is 8.96. The van der Waals surface area contributed by atoms with Crippen LogP contribution in [0.15, 0.2) is 89.0 Å². The van der Waals surface area contributed by atoms with Crippen LogP contribution in [0, 0.1) is 0 Å². The van der Waals surface area contributed by atoms with E-state index in [1.54, 1.807) is 30.3 Å². The number of aromatic nitrogens is 4. The zero-order valence-electron chi connectivity index (χ0n) is 18.3. The number of benzene rings is 2. The number of anilines is 1. The molecule has 5 rings (SSSR count). The fourth-order valence-electron chi connectivity index (χ4n) is 3.50. The lowest BCUT2D eigenvalue weighted by atomic mass is 10.1. The van der Waals surface area contributed by atoms with Crippen LogP contribution in [0.5, 0.6) is 0 Å². The number of H-pyrrole nitrogens is 1. The summed E-state index contributed by atoms with van der Waals surface area (Å²) >= 11 is 1.41. The van der Waals surface area contributed by atoms with Crippen molar-refractivity contribution in [1.82, 2.24) is 19.7 Å². The van der Waals surface area contributed by atoms with Crippen molar-refractivity contribution in [2.75, 3.05) is 5.32 Å². The Balaban J connectivity index is 1.58. The zero-order chi connectivity index (χ0) is 25.3. The van der Waals surface area contributed by atoms with Gasteiger partial charge in [0.25, 0.3) is 11.5 Å². The molecule has 2 aromatic carbocycles. The van der Waals surface area contributed by atoms with Gasteiger partial charge in [-0.25, -0.2) is 4.98 Å². The summed E-state index contributed by atoms with van der Waals surface area (Å²) in [6.45, 7) is 0. The van der Waals surface area contributed by atoms with Crippen LogP contribution < -0.4 is 10.9 Å². The first-order valence-corrected chi connectivity index (χ1v) is 11.5. The van der Waals surface area contributed by atoms with Gasteiger partial charge in [-0.1, -0.05) is 42.5 Å². The summed E-state index contributed by atoms with van der Waals surface area (Å²) in [6, 6.07) is 19.7. The number of aromatic amines is 1. The molecule has 0 saturated heterocycles. The number of thiophene rings is 1. The predicted molar refractivity (Wildman–Crippen MR) is 130 cm³/mol. The van der Waals surface area contributed by atoms with Gasteiger partial charge in [-0.05, 0) is 29.6 Å². The van der Waals surface area contributed by atoms with E-state index >= 15 is 0 Å². The van der Waals surface area contributed by atoms with Gasteiger partial charge in [0.1, 0.15) is 11.5 Å². The van der Waals surface area contributed by atoms with E-state index in [1.165, 1.54) is 28.2 Å². The second-order valence-corrected chi connectivity index (χ2v) is 8.60. The fourth-order valence-corrected chi connectivity index (χ4v) is 4.18. The van der Waals surface area contributed by atoms with Gasteiger partial charge in [-0.3, -0.25) is 14.6 Å². The van der Waals surface area contributed by atoms with Crippen molar-refractivity contribution in [1.29, 1.82) is 0 Å². The van der Waals surface area contributed by atoms with Gasteiger partial charge in [0.15, 0.2) is 0 Å². The number of carbonyl (C=O) groups is 1. The average Bonchev–Trinajstić information content (AvgIpc) is 3.54. The Kier molecular flexibility index (Phi) is 5.98. The molecule has 0 fully saturated rings. The topological polar surface area (TPSA) is 92.7 Å². The minimum absolute atomic E-state index is 0.0310. The van der Waals surface area contributed by atoms with Gasteiger partial charge < -0.3 is 5.32 Å². The SMILES string of the molecule is O=C(Nc1cc(-c2cccs2)nn1-c1nc(-c2ccccc2)cc(=O)[nH]1)c1cccc(C(F)(F)F)c1. The molecule has 0 aliphatic carbocycles. The molecule has 0 aliphatic heterocycles. The minimum atomic E-state index is -4.59. The second kappa shape index (κ2) is 9.27. The molecule has 3 heterocycles. The Morgan fingerprint density at radius 1 is 0.944 bits per heavy atom. The molecular weight excluding hydrogens is 491 g/mol. The van der Waals surface area contributed by atoms with E-state index in [-0.39, 0.29) is 17.3 Å². The van der Waals surface area contributed by atoms with Crippen LogP contribution in [0.2, 0.25) is 0 Å². The van der Waals surface area contributed by atoms with E-state index in [0.717, 1.165) is 23.1 Å². The number of nitrogens with zero attached hydrogens (tertiary/aromatic N) is 3. The molecule has 180 valence electrons. The lowest BCUT2D eigenvalue weighted by molar-refractivity contribution is -0.137. The smallest absolute Gasteiger partial charge is 0.306 e. The highest BCUT2D eigenvalue weighted by Crippen LogP contribution is 2.31. The Morgan fingerprint density at radius 2 is 1.75 bits per heavy atom. The average molecular weight is 507 g/mol. The van der Waals surface area contributed by atoms with E-state index in [4.69, 9.17) is 0 Å². The van der Waals surface area contributed by atoms with Crippen LogP contribution in [0.1, 0.15) is 15.9 Å². The molecule has 0 saturated carbocycles. The Bertz CT molecular complexity index is 1590. The van der Waals surface area contributed by atoms with Gasteiger partial charge in [0.05, 0.1) is 16.1 Å². The molecule has 5 aromatic rings. The molecule has 36 heavy (non-hydrogen) atoms. The number of rotatable bonds is 5. The zero-order valence-corrected chi connectivity index (χ0v) is 19.1. The summed E-state index contributed by atoms with van der Waals surface area (Å²) in [7, 11) is 0. The van der Waals surface area contributed by atoms with Crippen LogP contribution in [-0.4, -0.2) is 25.7 Å². The van der Waals surface area contributed by atoms with Crippen LogP contribution in [-0.2, 0) is 6.18 Å². The number of carbonyl (C=O) groups excluding carboxylic acids is 1. The summed E-state index contributed by atoms with van der Waals surface area (Å²) in [6.07, 6.45) is -4.59. The first-order valence-electron chi connectivity index (χ1n) is 10.6.